The van der Waals surface area contributed by atoms with Gasteiger partial charge in [0.15, 0.2) is 0 Å². The van der Waals surface area contributed by atoms with Crippen LogP contribution in [-0.2, 0) is 9.47 Å². The Morgan fingerprint density at radius 3 is 1.60 bits per heavy atom. The summed E-state index contributed by atoms with van der Waals surface area (Å²) in [5.74, 6) is -0.968. The molecule has 2 rings (SSSR count). The average Bonchev–Trinajstić information content (AvgIpc) is 3.11. The quantitative estimate of drug-likeness (QED) is 0.614. The molecule has 0 bridgehead atoms. The molecule has 0 saturated heterocycles. The lowest BCUT2D eigenvalue weighted by Gasteiger charge is -2.01. The summed E-state index contributed by atoms with van der Waals surface area (Å²) in [6.07, 6.45) is 5.49. The van der Waals surface area contributed by atoms with E-state index in [9.17, 15) is 9.59 Å². The molecule has 0 spiro atoms. The molecular weight excluding hydrogens is 304 g/mol. The van der Waals surface area contributed by atoms with Crippen molar-refractivity contribution in [3.63, 3.8) is 0 Å². The van der Waals surface area contributed by atoms with Crippen molar-refractivity contribution >= 4 is 33.5 Å². The van der Waals surface area contributed by atoms with E-state index in [0.29, 0.717) is 20.9 Å². The molecule has 6 nitrogen and oxygen atoms in total. The van der Waals surface area contributed by atoms with Gasteiger partial charge >= 0.3 is 11.9 Å². The van der Waals surface area contributed by atoms with E-state index in [-0.39, 0.29) is 0 Å². The molecule has 106 valence electrons. The number of methoxy groups -OCH3 is 2. The third-order valence-electron chi connectivity index (χ3n) is 2.28. The van der Waals surface area contributed by atoms with E-state index in [1.165, 1.54) is 60.9 Å². The minimum atomic E-state index is -0.484. The molecule has 0 saturated carbocycles. The van der Waals surface area contributed by atoms with Crippen LogP contribution < -0.4 is 0 Å². The predicted molar refractivity (Wildman–Crippen MR) is 71.8 cm³/mol. The van der Waals surface area contributed by atoms with Crippen LogP contribution in [0.3, 0.4) is 0 Å². The third-order valence-corrected chi connectivity index (χ3v) is 4.69. The van der Waals surface area contributed by atoms with Crippen LogP contribution in [0.15, 0.2) is 43.7 Å². The van der Waals surface area contributed by atoms with Gasteiger partial charge in [-0.3, -0.25) is 0 Å². The van der Waals surface area contributed by atoms with E-state index < -0.39 is 11.9 Å². The van der Waals surface area contributed by atoms with Crippen LogP contribution in [0.1, 0.15) is 20.7 Å². The van der Waals surface area contributed by atoms with Gasteiger partial charge in [-0.05, 0) is 21.6 Å². The molecule has 0 aliphatic rings. The molecule has 8 heteroatoms. The molecule has 0 aromatic carbocycles. The Morgan fingerprint density at radius 2 is 1.25 bits per heavy atom. The van der Waals surface area contributed by atoms with E-state index in [1.54, 1.807) is 0 Å². The number of carbonyl (C=O) groups excluding carboxylic acids is 2. The number of esters is 2. The number of carbonyl (C=O) groups is 2. The molecule has 0 atom stereocenters. The smallest absolute Gasteiger partial charge is 0.342 e. The van der Waals surface area contributed by atoms with E-state index in [1.807, 2.05) is 0 Å². The van der Waals surface area contributed by atoms with Crippen LogP contribution in [0.2, 0.25) is 0 Å². The van der Waals surface area contributed by atoms with Crippen LogP contribution in [0.4, 0.5) is 0 Å². The average molecular weight is 314 g/mol. The summed E-state index contributed by atoms with van der Waals surface area (Å²) in [5, 5.41) is 0. The lowest BCUT2D eigenvalue weighted by Crippen LogP contribution is -2.00. The highest BCUT2D eigenvalue weighted by atomic mass is 33.1. The molecule has 0 N–H and O–H groups in total. The van der Waals surface area contributed by atoms with E-state index in [4.69, 9.17) is 8.83 Å². The first-order chi connectivity index (χ1) is 9.67. The topological polar surface area (TPSA) is 78.9 Å². The van der Waals surface area contributed by atoms with Gasteiger partial charge in [0.2, 0.25) is 0 Å². The van der Waals surface area contributed by atoms with Gasteiger partial charge in [-0.1, -0.05) is 0 Å². The maximum absolute atomic E-state index is 11.5. The minimum Gasteiger partial charge on any atom is -0.470 e. The molecule has 0 amide bonds. The first-order valence-corrected chi connectivity index (χ1v) is 7.46. The molecule has 0 radical (unpaired) electrons. The summed E-state index contributed by atoms with van der Waals surface area (Å²) >= 11 is 0. The number of rotatable bonds is 5. The van der Waals surface area contributed by atoms with Gasteiger partial charge in [-0.25, -0.2) is 9.59 Å². The van der Waals surface area contributed by atoms with Crippen LogP contribution in [-0.4, -0.2) is 26.2 Å². The van der Waals surface area contributed by atoms with Crippen LogP contribution in [0, 0.1) is 0 Å². The fourth-order valence-electron chi connectivity index (χ4n) is 1.31. The molecule has 20 heavy (non-hydrogen) atoms. The molecule has 2 aromatic heterocycles. The SMILES string of the molecule is COC(=O)c1cocc1SSc1cocc1C(=O)OC. The Morgan fingerprint density at radius 1 is 0.850 bits per heavy atom. The van der Waals surface area contributed by atoms with Gasteiger partial charge in [-0.15, -0.1) is 0 Å². The molecule has 0 aliphatic carbocycles. The van der Waals surface area contributed by atoms with Crippen molar-refractivity contribution in [3.8, 4) is 0 Å². The monoisotopic (exact) mass is 314 g/mol. The summed E-state index contributed by atoms with van der Waals surface area (Å²) < 4.78 is 19.2. The standard InChI is InChI=1S/C12H10O6S2/c1-15-11(13)7-3-17-5-9(7)19-20-10-6-18-4-8(10)12(14)16-2/h3-6H,1-2H3. The predicted octanol–water partition coefficient (Wildman–Crippen LogP) is 3.25. The lowest BCUT2D eigenvalue weighted by molar-refractivity contribution is 0.0587. The van der Waals surface area contributed by atoms with Crippen molar-refractivity contribution in [1.29, 1.82) is 0 Å². The molecular formula is C12H10O6S2. The first kappa shape index (κ1) is 14.6. The number of ether oxygens (including phenoxy) is 2. The molecule has 2 aromatic rings. The summed E-state index contributed by atoms with van der Waals surface area (Å²) in [6.45, 7) is 0. The highest BCUT2D eigenvalue weighted by molar-refractivity contribution is 8.76. The Kier molecular flexibility index (Phi) is 4.80. The van der Waals surface area contributed by atoms with Crippen LogP contribution >= 0.6 is 21.6 Å². The van der Waals surface area contributed by atoms with Crippen LogP contribution in [0.25, 0.3) is 0 Å². The number of hydrogen-bond acceptors (Lipinski definition) is 8. The summed E-state index contributed by atoms with van der Waals surface area (Å²) in [7, 11) is 5.09. The second kappa shape index (κ2) is 6.58. The zero-order chi connectivity index (χ0) is 14.5. The van der Waals surface area contributed by atoms with Gasteiger partial charge in [0.1, 0.15) is 36.2 Å². The third kappa shape index (κ3) is 3.02. The summed E-state index contributed by atoms with van der Waals surface area (Å²) in [6, 6.07) is 0. The Balaban J connectivity index is 2.10. The number of hydrogen-bond donors (Lipinski definition) is 0. The summed E-state index contributed by atoms with van der Waals surface area (Å²) in [4.78, 5) is 24.2. The number of furan rings is 2. The molecule has 0 fully saturated rings. The van der Waals surface area contributed by atoms with Gasteiger partial charge in [0, 0.05) is 0 Å². The zero-order valence-electron chi connectivity index (χ0n) is 10.6. The van der Waals surface area contributed by atoms with Crippen molar-refractivity contribution in [3.05, 3.63) is 36.2 Å². The minimum absolute atomic E-state index is 0.327. The first-order valence-electron chi connectivity index (χ1n) is 5.31. The zero-order valence-corrected chi connectivity index (χ0v) is 12.2. The highest BCUT2D eigenvalue weighted by Crippen LogP contribution is 2.41. The molecule has 0 aliphatic heterocycles. The molecule has 0 unspecified atom stereocenters. The van der Waals surface area contributed by atoms with E-state index in [0.717, 1.165) is 0 Å². The van der Waals surface area contributed by atoms with Gasteiger partial charge in [0.25, 0.3) is 0 Å². The van der Waals surface area contributed by atoms with Gasteiger partial charge in [0.05, 0.1) is 24.0 Å². The van der Waals surface area contributed by atoms with Crippen molar-refractivity contribution in [1.82, 2.24) is 0 Å². The van der Waals surface area contributed by atoms with Crippen molar-refractivity contribution in [2.75, 3.05) is 14.2 Å². The Hall–Kier alpha value is -1.80. The van der Waals surface area contributed by atoms with Crippen molar-refractivity contribution in [2.45, 2.75) is 9.79 Å². The van der Waals surface area contributed by atoms with E-state index >= 15 is 0 Å². The fourth-order valence-corrected chi connectivity index (χ4v) is 3.43. The van der Waals surface area contributed by atoms with Crippen LogP contribution in [0.5, 0.6) is 0 Å². The maximum Gasteiger partial charge on any atom is 0.342 e. The lowest BCUT2D eigenvalue weighted by atomic mass is 10.3. The largest absolute Gasteiger partial charge is 0.470 e. The second-order valence-corrected chi connectivity index (χ2v) is 5.66. The Labute approximate surface area is 122 Å². The second-order valence-electron chi connectivity index (χ2n) is 3.45. The molecule has 2 heterocycles. The van der Waals surface area contributed by atoms with Gasteiger partial charge in [-0.2, -0.15) is 0 Å². The summed E-state index contributed by atoms with van der Waals surface area (Å²) in [5.41, 5.74) is 0.654. The van der Waals surface area contributed by atoms with Crippen molar-refractivity contribution < 1.29 is 27.9 Å². The fraction of sp³-hybridized carbons (Fsp3) is 0.167. The van der Waals surface area contributed by atoms with Crippen molar-refractivity contribution in [2.24, 2.45) is 0 Å². The maximum atomic E-state index is 11.5. The highest BCUT2D eigenvalue weighted by Gasteiger charge is 2.19. The Bertz CT molecular complexity index is 561. The van der Waals surface area contributed by atoms with E-state index in [2.05, 4.69) is 9.47 Å². The van der Waals surface area contributed by atoms with Gasteiger partial charge < -0.3 is 18.3 Å². The normalized spacial score (nSPS) is 10.3.